The maximum Gasteiger partial charge on any atom is 0.269 e. The summed E-state index contributed by atoms with van der Waals surface area (Å²) < 4.78 is 7.16. The number of aryl methyl sites for hydroxylation is 1. The lowest BCUT2D eigenvalue weighted by molar-refractivity contribution is -0.116. The molecule has 0 aliphatic carbocycles. The highest BCUT2D eigenvalue weighted by Gasteiger charge is 2.17. The summed E-state index contributed by atoms with van der Waals surface area (Å²) in [6.07, 6.45) is 2.78. The molecule has 2 aromatic heterocycles. The average molecular weight is 374 g/mol. The Hall–Kier alpha value is -3.92. The number of amides is 1. The van der Waals surface area contributed by atoms with Crippen LogP contribution in [0.25, 0.3) is 11.7 Å². The summed E-state index contributed by atoms with van der Waals surface area (Å²) >= 11 is 0. The van der Waals surface area contributed by atoms with E-state index in [4.69, 9.17) is 4.74 Å². The van der Waals surface area contributed by atoms with Crippen LogP contribution in [0.1, 0.15) is 18.1 Å². The van der Waals surface area contributed by atoms with E-state index in [1.54, 1.807) is 43.5 Å². The summed E-state index contributed by atoms with van der Waals surface area (Å²) in [5.74, 6) is -0.0510. The lowest BCUT2D eigenvalue weighted by Gasteiger charge is -2.10. The van der Waals surface area contributed by atoms with Gasteiger partial charge in [-0.25, -0.2) is 0 Å². The number of nitriles is 1. The Kier molecular flexibility index (Phi) is 5.51. The minimum atomic E-state index is -0.566. The second kappa shape index (κ2) is 8.18. The quantitative estimate of drug-likeness (QED) is 0.547. The molecule has 0 spiro atoms. The number of rotatable bonds is 5. The van der Waals surface area contributed by atoms with Gasteiger partial charge in [0.2, 0.25) is 5.88 Å². The third-order valence-corrected chi connectivity index (χ3v) is 3.96. The molecule has 1 amide bonds. The topological polar surface area (TPSA) is 96.5 Å². The van der Waals surface area contributed by atoms with Crippen molar-refractivity contribution in [3.63, 3.8) is 0 Å². The largest absolute Gasteiger partial charge is 0.438 e. The number of pyridine rings is 1. The maximum absolute atomic E-state index is 13.0. The third-order valence-electron chi connectivity index (χ3n) is 3.96. The molecular weight excluding hydrogens is 356 g/mol. The molecule has 0 radical (unpaired) electrons. The lowest BCUT2D eigenvalue weighted by atomic mass is 10.1. The smallest absolute Gasteiger partial charge is 0.269 e. The van der Waals surface area contributed by atoms with Gasteiger partial charge in [0, 0.05) is 12.7 Å². The van der Waals surface area contributed by atoms with Crippen LogP contribution in [0.5, 0.6) is 11.6 Å². The molecule has 0 aliphatic rings. The van der Waals surface area contributed by atoms with Crippen molar-refractivity contribution < 1.29 is 9.53 Å². The minimum Gasteiger partial charge on any atom is -0.438 e. The van der Waals surface area contributed by atoms with Crippen LogP contribution in [-0.2, 0) is 4.79 Å². The summed E-state index contributed by atoms with van der Waals surface area (Å²) in [4.78, 5) is 29.5. The number of ether oxygens (including phenoxy) is 1. The number of hydrogen-bond acceptors (Lipinski definition) is 5. The minimum absolute atomic E-state index is 0.0204. The van der Waals surface area contributed by atoms with Crippen molar-refractivity contribution in [1.29, 1.82) is 5.26 Å². The average Bonchev–Trinajstić information content (AvgIpc) is 2.70. The van der Waals surface area contributed by atoms with Crippen LogP contribution in [0.2, 0.25) is 0 Å². The van der Waals surface area contributed by atoms with Crippen LogP contribution in [-0.4, -0.2) is 21.8 Å². The molecule has 0 saturated heterocycles. The molecule has 0 saturated carbocycles. The number of carbonyl (C=O) groups excluding carboxylic acids is 1. The van der Waals surface area contributed by atoms with Gasteiger partial charge in [0.15, 0.2) is 0 Å². The molecule has 1 N–H and O–H groups in total. The maximum atomic E-state index is 13.0. The molecule has 28 heavy (non-hydrogen) atoms. The second-order valence-corrected chi connectivity index (χ2v) is 6.01. The lowest BCUT2D eigenvalue weighted by Crippen LogP contribution is -2.25. The van der Waals surface area contributed by atoms with Crippen molar-refractivity contribution in [1.82, 2.24) is 14.7 Å². The molecule has 7 heteroatoms. The van der Waals surface area contributed by atoms with Gasteiger partial charge in [-0.1, -0.05) is 23.8 Å². The van der Waals surface area contributed by atoms with E-state index < -0.39 is 11.5 Å². The fraction of sp³-hybridized carbons (Fsp3) is 0.143. The fourth-order valence-corrected chi connectivity index (χ4v) is 2.55. The first kappa shape index (κ1) is 18.9. The molecule has 3 aromatic rings. The predicted molar refractivity (Wildman–Crippen MR) is 105 cm³/mol. The van der Waals surface area contributed by atoms with Crippen molar-refractivity contribution in [3.8, 4) is 17.7 Å². The van der Waals surface area contributed by atoms with E-state index in [0.29, 0.717) is 17.9 Å². The van der Waals surface area contributed by atoms with Crippen molar-refractivity contribution in [2.24, 2.45) is 0 Å². The van der Waals surface area contributed by atoms with Gasteiger partial charge in [0.05, 0.1) is 0 Å². The Morgan fingerprint density at radius 1 is 1.29 bits per heavy atom. The number of carbonyl (C=O) groups is 1. The summed E-state index contributed by atoms with van der Waals surface area (Å²) in [6, 6.07) is 14.2. The summed E-state index contributed by atoms with van der Waals surface area (Å²) in [6.45, 7) is 4.05. The van der Waals surface area contributed by atoms with Gasteiger partial charge in [-0.05, 0) is 44.2 Å². The number of hydrogen-bond donors (Lipinski definition) is 1. The normalized spacial score (nSPS) is 11.1. The number of nitrogens with one attached hydrogen (secondary N) is 1. The Morgan fingerprint density at radius 3 is 2.71 bits per heavy atom. The summed E-state index contributed by atoms with van der Waals surface area (Å²) in [7, 11) is 0. The number of benzene rings is 1. The van der Waals surface area contributed by atoms with Crippen molar-refractivity contribution in [2.45, 2.75) is 13.8 Å². The van der Waals surface area contributed by atoms with Gasteiger partial charge in [0.1, 0.15) is 28.6 Å². The number of fused-ring (bicyclic) bond motifs is 1. The zero-order chi connectivity index (χ0) is 20.1. The molecule has 0 atom stereocenters. The van der Waals surface area contributed by atoms with Crippen molar-refractivity contribution >= 4 is 17.6 Å². The molecule has 7 nitrogen and oxygen atoms in total. The van der Waals surface area contributed by atoms with Crippen LogP contribution in [0.4, 0.5) is 0 Å². The highest BCUT2D eigenvalue weighted by atomic mass is 16.5. The third kappa shape index (κ3) is 3.91. The predicted octanol–water partition coefficient (Wildman–Crippen LogP) is 2.84. The number of likely N-dealkylation sites (N-methyl/N-ethyl adjacent to an activating group) is 1. The molecule has 0 aliphatic heterocycles. The molecule has 3 rings (SSSR count). The zero-order valence-corrected chi connectivity index (χ0v) is 15.5. The van der Waals surface area contributed by atoms with Gasteiger partial charge < -0.3 is 10.1 Å². The van der Waals surface area contributed by atoms with Gasteiger partial charge in [-0.3, -0.25) is 14.0 Å². The highest BCUT2D eigenvalue weighted by Crippen LogP contribution is 2.24. The van der Waals surface area contributed by atoms with Gasteiger partial charge in [-0.2, -0.15) is 10.2 Å². The number of aromatic nitrogens is 2. The van der Waals surface area contributed by atoms with E-state index in [0.717, 1.165) is 5.56 Å². The summed E-state index contributed by atoms with van der Waals surface area (Å²) in [5.41, 5.74) is 0.826. The van der Waals surface area contributed by atoms with Gasteiger partial charge in [-0.15, -0.1) is 0 Å². The second-order valence-electron chi connectivity index (χ2n) is 6.01. The molecule has 2 heterocycles. The van der Waals surface area contributed by atoms with E-state index in [-0.39, 0.29) is 17.0 Å². The first-order valence-electron chi connectivity index (χ1n) is 8.69. The molecule has 0 bridgehead atoms. The van der Waals surface area contributed by atoms with Crippen LogP contribution in [0, 0.1) is 18.3 Å². The first-order chi connectivity index (χ1) is 13.5. The molecular formula is C21H18N4O3. The SMILES string of the molecule is CCNC(=O)C(C#N)=Cc1c(Oc2ccc(C)cc2)nc2ccccn2c1=O. The van der Waals surface area contributed by atoms with Crippen LogP contribution >= 0.6 is 0 Å². The Balaban J connectivity index is 2.19. The summed E-state index contributed by atoms with van der Waals surface area (Å²) in [5, 5.41) is 11.9. The van der Waals surface area contributed by atoms with E-state index in [9.17, 15) is 14.9 Å². The van der Waals surface area contributed by atoms with E-state index >= 15 is 0 Å². The van der Waals surface area contributed by atoms with Crippen molar-refractivity contribution in [2.75, 3.05) is 6.54 Å². The van der Waals surface area contributed by atoms with E-state index in [1.807, 2.05) is 25.1 Å². The van der Waals surface area contributed by atoms with E-state index in [2.05, 4.69) is 10.3 Å². The van der Waals surface area contributed by atoms with Crippen LogP contribution < -0.4 is 15.6 Å². The fourth-order valence-electron chi connectivity index (χ4n) is 2.55. The highest BCUT2D eigenvalue weighted by molar-refractivity contribution is 6.01. The Labute approximate surface area is 161 Å². The number of nitrogens with zero attached hydrogens (tertiary/aromatic N) is 3. The zero-order valence-electron chi connectivity index (χ0n) is 15.5. The monoisotopic (exact) mass is 374 g/mol. The molecule has 140 valence electrons. The Bertz CT molecular complexity index is 1150. The van der Waals surface area contributed by atoms with Gasteiger partial charge in [0.25, 0.3) is 11.5 Å². The van der Waals surface area contributed by atoms with Gasteiger partial charge >= 0.3 is 0 Å². The first-order valence-corrected chi connectivity index (χ1v) is 8.69. The van der Waals surface area contributed by atoms with Crippen LogP contribution in [0.3, 0.4) is 0 Å². The molecule has 1 aromatic carbocycles. The van der Waals surface area contributed by atoms with Crippen molar-refractivity contribution in [3.05, 3.63) is 75.7 Å². The molecule has 0 fully saturated rings. The Morgan fingerprint density at radius 2 is 2.04 bits per heavy atom. The van der Waals surface area contributed by atoms with Crippen LogP contribution in [0.15, 0.2) is 59.0 Å². The molecule has 0 unspecified atom stereocenters. The van der Waals surface area contributed by atoms with E-state index in [1.165, 1.54) is 10.5 Å². The standard InChI is InChI=1S/C21H18N4O3/c1-3-23-19(26)15(13-22)12-17-20(28-16-9-7-14(2)8-10-16)24-18-6-4-5-11-25(18)21(17)27/h4-12H,3H2,1-2H3,(H,23,26).